The first-order valence-electron chi connectivity index (χ1n) is 6.28. The number of carbonyl (C=O) groups is 2. The van der Waals surface area contributed by atoms with E-state index < -0.39 is 0 Å². The van der Waals surface area contributed by atoms with Crippen LogP contribution in [0.4, 0.5) is 5.69 Å². The molecule has 0 aromatic heterocycles. The van der Waals surface area contributed by atoms with E-state index in [0.29, 0.717) is 18.7 Å². The van der Waals surface area contributed by atoms with Crippen molar-refractivity contribution in [2.75, 3.05) is 17.2 Å². The van der Waals surface area contributed by atoms with Crippen LogP contribution in [0.25, 0.3) is 0 Å². The van der Waals surface area contributed by atoms with E-state index in [2.05, 4.69) is 31.9 Å². The summed E-state index contributed by atoms with van der Waals surface area (Å²) < 4.78 is 1.83. The van der Waals surface area contributed by atoms with Crippen LogP contribution < -0.4 is 4.90 Å². The van der Waals surface area contributed by atoms with Crippen molar-refractivity contribution in [2.24, 2.45) is 5.92 Å². The second-order valence-corrected chi connectivity index (χ2v) is 7.86. The van der Waals surface area contributed by atoms with Crippen molar-refractivity contribution in [3.8, 4) is 0 Å². The second kappa shape index (κ2) is 6.62. The third-order valence-corrected chi connectivity index (χ3v) is 5.41. The number of thioether (sulfide) groups is 1. The summed E-state index contributed by atoms with van der Waals surface area (Å²) >= 11 is 8.37. The molecule has 3 nitrogen and oxygen atoms in total. The highest BCUT2D eigenvalue weighted by Gasteiger charge is 2.32. The molecular formula is C14H15Br2NO2S. The number of hydrogen-bond donors (Lipinski definition) is 0. The third-order valence-electron chi connectivity index (χ3n) is 3.16. The summed E-state index contributed by atoms with van der Waals surface area (Å²) in [6.07, 6.45) is 0.507. The number of carbonyl (C=O) groups excluding carboxylic acids is 2. The molecule has 0 bridgehead atoms. The van der Waals surface area contributed by atoms with E-state index in [-0.39, 0.29) is 16.9 Å². The minimum absolute atomic E-state index is 0.105. The molecule has 0 aliphatic carbocycles. The van der Waals surface area contributed by atoms with Gasteiger partial charge in [0, 0.05) is 34.6 Å². The predicted molar refractivity (Wildman–Crippen MR) is 90.2 cm³/mol. The summed E-state index contributed by atoms with van der Waals surface area (Å²) in [5, 5.41) is 0.105. The van der Waals surface area contributed by atoms with Gasteiger partial charge >= 0.3 is 0 Å². The number of nitrogens with zero attached hydrogens (tertiary/aromatic N) is 1. The number of halogens is 2. The Labute approximate surface area is 139 Å². The van der Waals surface area contributed by atoms with Crippen molar-refractivity contribution in [1.82, 2.24) is 0 Å². The molecule has 0 radical (unpaired) electrons. The monoisotopic (exact) mass is 419 g/mol. The minimum Gasteiger partial charge on any atom is -0.310 e. The largest absolute Gasteiger partial charge is 0.310 e. The van der Waals surface area contributed by atoms with Gasteiger partial charge in [0.1, 0.15) is 0 Å². The predicted octanol–water partition coefficient (Wildman–Crippen LogP) is 4.15. The van der Waals surface area contributed by atoms with E-state index in [9.17, 15) is 9.59 Å². The summed E-state index contributed by atoms with van der Waals surface area (Å²) in [5.41, 5.74) is 2.01. The molecule has 0 saturated carbocycles. The second-order valence-electron chi connectivity index (χ2n) is 4.95. The SMILES string of the molecule is CC(=O)SCC1CC(=O)N(c2c(Br)cc(C)cc2Br)C1. The zero-order valence-electron chi connectivity index (χ0n) is 11.3. The van der Waals surface area contributed by atoms with E-state index in [1.165, 1.54) is 11.8 Å². The van der Waals surface area contributed by atoms with E-state index in [4.69, 9.17) is 0 Å². The number of amides is 1. The number of aryl methyl sites for hydroxylation is 1. The Hall–Kier alpha value is -0.330. The Bertz CT molecular complexity index is 539. The standard InChI is InChI=1S/C14H15Br2NO2S/c1-8-3-11(15)14(12(16)4-8)17-6-10(5-13(17)19)7-20-9(2)18/h3-4,10H,5-7H2,1-2H3. The lowest BCUT2D eigenvalue weighted by Crippen LogP contribution is -2.25. The first-order chi connectivity index (χ1) is 9.38. The van der Waals surface area contributed by atoms with Crippen LogP contribution in [-0.4, -0.2) is 23.3 Å². The van der Waals surface area contributed by atoms with Crippen LogP contribution in [0.1, 0.15) is 18.9 Å². The molecule has 20 heavy (non-hydrogen) atoms. The van der Waals surface area contributed by atoms with E-state index in [1.54, 1.807) is 11.8 Å². The minimum atomic E-state index is 0.105. The number of anilines is 1. The molecule has 6 heteroatoms. The zero-order valence-corrected chi connectivity index (χ0v) is 15.3. The molecule has 0 N–H and O–H groups in total. The molecule has 108 valence electrons. The van der Waals surface area contributed by atoms with Gasteiger partial charge in [-0.05, 0) is 62.4 Å². The molecule has 1 heterocycles. The summed E-state index contributed by atoms with van der Waals surface area (Å²) in [6.45, 7) is 4.24. The fourth-order valence-electron chi connectivity index (χ4n) is 2.29. The molecule has 1 aromatic rings. The van der Waals surface area contributed by atoms with Gasteiger partial charge in [0.15, 0.2) is 5.12 Å². The van der Waals surface area contributed by atoms with Gasteiger partial charge in [-0.2, -0.15) is 0 Å². The quantitative estimate of drug-likeness (QED) is 0.736. The molecule has 1 unspecified atom stereocenters. The molecule has 1 aliphatic heterocycles. The summed E-state index contributed by atoms with van der Waals surface area (Å²) in [6, 6.07) is 4.01. The molecule has 1 fully saturated rings. The van der Waals surface area contributed by atoms with Crippen LogP contribution in [0, 0.1) is 12.8 Å². The van der Waals surface area contributed by atoms with Crippen LogP contribution in [0.15, 0.2) is 21.1 Å². The molecule has 1 atom stereocenters. The highest BCUT2D eigenvalue weighted by Crippen LogP contribution is 2.39. The van der Waals surface area contributed by atoms with Gasteiger partial charge in [-0.3, -0.25) is 9.59 Å². The van der Waals surface area contributed by atoms with E-state index in [1.807, 2.05) is 19.1 Å². The molecular weight excluding hydrogens is 406 g/mol. The molecule has 1 aromatic carbocycles. The van der Waals surface area contributed by atoms with Crippen molar-refractivity contribution in [1.29, 1.82) is 0 Å². The topological polar surface area (TPSA) is 37.4 Å². The third kappa shape index (κ3) is 3.65. The van der Waals surface area contributed by atoms with E-state index >= 15 is 0 Å². The van der Waals surface area contributed by atoms with Gasteiger partial charge < -0.3 is 4.90 Å². The van der Waals surface area contributed by atoms with Crippen LogP contribution in [0.5, 0.6) is 0 Å². The number of hydrogen-bond acceptors (Lipinski definition) is 3. The van der Waals surface area contributed by atoms with Crippen LogP contribution in [0.2, 0.25) is 0 Å². The van der Waals surface area contributed by atoms with E-state index in [0.717, 1.165) is 20.2 Å². The lowest BCUT2D eigenvalue weighted by molar-refractivity contribution is -0.117. The maximum absolute atomic E-state index is 12.2. The normalized spacial score (nSPS) is 18.7. The smallest absolute Gasteiger partial charge is 0.227 e. The van der Waals surface area contributed by atoms with Gasteiger partial charge in [-0.15, -0.1) is 0 Å². The maximum Gasteiger partial charge on any atom is 0.227 e. The van der Waals surface area contributed by atoms with Crippen LogP contribution >= 0.6 is 43.6 Å². The Morgan fingerprint density at radius 1 is 1.40 bits per heavy atom. The first kappa shape index (κ1) is 16.0. The Balaban J connectivity index is 2.18. The molecule has 1 amide bonds. The number of benzene rings is 1. The fourth-order valence-corrected chi connectivity index (χ4v) is 4.83. The average molecular weight is 421 g/mol. The highest BCUT2D eigenvalue weighted by molar-refractivity contribution is 9.11. The molecule has 0 spiro atoms. The Morgan fingerprint density at radius 3 is 2.55 bits per heavy atom. The van der Waals surface area contributed by atoms with Crippen molar-refractivity contribution >= 4 is 60.3 Å². The summed E-state index contributed by atoms with van der Waals surface area (Å²) in [7, 11) is 0. The molecule has 1 aliphatic rings. The maximum atomic E-state index is 12.2. The summed E-state index contributed by atoms with van der Waals surface area (Å²) in [4.78, 5) is 25.0. The summed E-state index contributed by atoms with van der Waals surface area (Å²) in [5.74, 6) is 1.06. The van der Waals surface area contributed by atoms with Crippen molar-refractivity contribution < 1.29 is 9.59 Å². The van der Waals surface area contributed by atoms with Crippen molar-refractivity contribution in [3.63, 3.8) is 0 Å². The van der Waals surface area contributed by atoms with Gasteiger partial charge in [-0.25, -0.2) is 0 Å². The molecule has 1 saturated heterocycles. The Morgan fingerprint density at radius 2 is 2.00 bits per heavy atom. The average Bonchev–Trinajstić information content (AvgIpc) is 2.67. The van der Waals surface area contributed by atoms with Crippen molar-refractivity contribution in [3.05, 3.63) is 26.6 Å². The van der Waals surface area contributed by atoms with Gasteiger partial charge in [-0.1, -0.05) is 11.8 Å². The fraction of sp³-hybridized carbons (Fsp3) is 0.429. The van der Waals surface area contributed by atoms with Crippen LogP contribution in [0.3, 0.4) is 0 Å². The van der Waals surface area contributed by atoms with Gasteiger partial charge in [0.05, 0.1) is 5.69 Å². The van der Waals surface area contributed by atoms with Gasteiger partial charge in [0.25, 0.3) is 0 Å². The Kier molecular flexibility index (Phi) is 5.31. The first-order valence-corrected chi connectivity index (χ1v) is 8.85. The van der Waals surface area contributed by atoms with Gasteiger partial charge in [0.2, 0.25) is 5.91 Å². The highest BCUT2D eigenvalue weighted by atomic mass is 79.9. The molecule has 2 rings (SSSR count). The van der Waals surface area contributed by atoms with Crippen molar-refractivity contribution in [2.45, 2.75) is 20.3 Å². The number of rotatable bonds is 3. The zero-order chi connectivity index (χ0) is 14.9. The lowest BCUT2D eigenvalue weighted by atomic mass is 10.1. The van der Waals surface area contributed by atoms with Crippen LogP contribution in [-0.2, 0) is 9.59 Å². The lowest BCUT2D eigenvalue weighted by Gasteiger charge is -2.20.